The quantitative estimate of drug-likeness (QED) is 0.216. The van der Waals surface area contributed by atoms with Crippen LogP contribution in [0.3, 0.4) is 0 Å². The van der Waals surface area contributed by atoms with Gasteiger partial charge in [-0.1, -0.05) is 53.9 Å². The smallest absolute Gasteiger partial charge is 0.328 e. The van der Waals surface area contributed by atoms with Crippen molar-refractivity contribution in [1.29, 1.82) is 0 Å². The minimum Gasteiger partial charge on any atom is -0.460 e. The Hall–Kier alpha value is -3.18. The highest BCUT2D eigenvalue weighted by Gasteiger charge is 2.31. The number of hydrogen-bond donors (Lipinski definition) is 5. The summed E-state index contributed by atoms with van der Waals surface area (Å²) in [7, 11) is 0. The molecule has 1 aliphatic heterocycles. The molecule has 0 bridgehead atoms. The third-order valence-electron chi connectivity index (χ3n) is 6.59. The number of cyclic esters (lactones) is 1. The fraction of sp³-hybridized carbons (Fsp3) is 0.786. The van der Waals surface area contributed by atoms with E-state index >= 15 is 0 Å². The van der Waals surface area contributed by atoms with Gasteiger partial charge in [0.25, 0.3) is 0 Å². The topological polar surface area (TPSA) is 172 Å². The van der Waals surface area contributed by atoms with Crippen molar-refractivity contribution in [2.45, 2.75) is 124 Å². The van der Waals surface area contributed by atoms with Crippen LogP contribution in [0.4, 0.5) is 0 Å². The van der Waals surface area contributed by atoms with Crippen molar-refractivity contribution in [2.75, 3.05) is 6.54 Å². The second kappa shape index (κ2) is 17.5. The van der Waals surface area contributed by atoms with E-state index in [-0.39, 0.29) is 24.8 Å². The van der Waals surface area contributed by atoms with Gasteiger partial charge in [0.05, 0.1) is 13.0 Å². The van der Waals surface area contributed by atoms with Gasteiger partial charge in [0, 0.05) is 0 Å². The van der Waals surface area contributed by atoms with Crippen LogP contribution in [0.25, 0.3) is 0 Å². The van der Waals surface area contributed by atoms with Gasteiger partial charge in [0.1, 0.15) is 30.3 Å². The Balaban J connectivity index is 3.22. The molecule has 1 aliphatic rings. The van der Waals surface area contributed by atoms with Crippen molar-refractivity contribution in [2.24, 2.45) is 11.8 Å². The predicted molar refractivity (Wildman–Crippen MR) is 150 cm³/mol. The Kier molecular flexibility index (Phi) is 15.2. The number of amides is 5. The number of carbonyl (C=O) groups is 6. The van der Waals surface area contributed by atoms with E-state index in [1.54, 1.807) is 13.8 Å². The van der Waals surface area contributed by atoms with Crippen LogP contribution in [0.2, 0.25) is 0 Å². The molecule has 5 atom stereocenters. The summed E-state index contributed by atoms with van der Waals surface area (Å²) in [5, 5.41) is 13.0. The van der Waals surface area contributed by atoms with Gasteiger partial charge in [-0.3, -0.25) is 24.0 Å². The van der Waals surface area contributed by atoms with Gasteiger partial charge < -0.3 is 31.3 Å². The van der Waals surface area contributed by atoms with Crippen molar-refractivity contribution >= 4 is 35.5 Å². The minimum absolute atomic E-state index is 0.0359. The summed E-state index contributed by atoms with van der Waals surface area (Å²) in [5.74, 6) is -3.75. The molecule has 1 heterocycles. The molecule has 2 unspecified atom stereocenters. The molecule has 1 fully saturated rings. The first-order valence-electron chi connectivity index (χ1n) is 14.4. The third kappa shape index (κ3) is 12.8. The van der Waals surface area contributed by atoms with Crippen molar-refractivity contribution in [3.8, 4) is 0 Å². The first-order chi connectivity index (χ1) is 18.7. The Morgan fingerprint density at radius 1 is 0.775 bits per heavy atom. The van der Waals surface area contributed by atoms with Gasteiger partial charge in [-0.05, 0) is 44.9 Å². The molecule has 0 aliphatic carbocycles. The number of ether oxygens (including phenoxy) is 1. The monoisotopic (exact) mass is 567 g/mol. The predicted octanol–water partition coefficient (Wildman–Crippen LogP) is 1.07. The number of unbranched alkanes of at least 4 members (excludes halogenated alkanes) is 3. The molecule has 0 aromatic heterocycles. The van der Waals surface area contributed by atoms with Gasteiger partial charge in [-0.2, -0.15) is 0 Å². The Labute approximate surface area is 237 Å². The second-order valence-electron chi connectivity index (χ2n) is 11.3. The van der Waals surface area contributed by atoms with Crippen molar-refractivity contribution in [1.82, 2.24) is 26.6 Å². The SMILES string of the molecule is CCCCCCC1CC(=O)NCC(=O)NC(C(C)C)C(=O)N[C@H](CC(C)C)C(=O)N[C@@H](C)C(=O)N[C@@H](C)C(=O)O1. The molecule has 0 aromatic carbocycles. The fourth-order valence-electron chi connectivity index (χ4n) is 4.23. The van der Waals surface area contributed by atoms with Crippen molar-refractivity contribution in [3.63, 3.8) is 0 Å². The average Bonchev–Trinajstić information content (AvgIpc) is 2.86. The molecule has 0 radical (unpaired) electrons. The first kappa shape index (κ1) is 34.8. The molecule has 0 saturated carbocycles. The van der Waals surface area contributed by atoms with E-state index in [4.69, 9.17) is 4.74 Å². The standard InChI is InChI=1S/C28H49N5O7/c1-8-9-10-11-12-20-14-22(34)29-15-23(35)33-24(17(4)5)27(38)32-21(13-16(2)3)26(37)30-18(6)25(36)31-19(7)28(39)40-20/h16-21,24H,8-15H2,1-7H3,(H,29,34)(H,30,37)(H,31,36)(H,32,38)(H,33,35)/t18-,19-,20?,21+,24?/m0/s1. The van der Waals surface area contributed by atoms with Gasteiger partial charge in [0.2, 0.25) is 29.5 Å². The molecule has 12 heteroatoms. The van der Waals surface area contributed by atoms with Gasteiger partial charge in [-0.15, -0.1) is 0 Å². The summed E-state index contributed by atoms with van der Waals surface area (Å²) >= 11 is 0. The number of esters is 1. The van der Waals surface area contributed by atoms with E-state index in [0.29, 0.717) is 12.8 Å². The van der Waals surface area contributed by atoms with Crippen LogP contribution in [0.15, 0.2) is 0 Å². The lowest BCUT2D eigenvalue weighted by Crippen LogP contribution is -2.58. The van der Waals surface area contributed by atoms with Crippen LogP contribution in [-0.4, -0.2) is 72.3 Å². The molecule has 1 rings (SSSR count). The molecule has 0 aromatic rings. The zero-order chi connectivity index (χ0) is 30.4. The molecule has 0 spiro atoms. The van der Waals surface area contributed by atoms with Crippen molar-refractivity contribution < 1.29 is 33.5 Å². The molecular weight excluding hydrogens is 518 g/mol. The molecule has 12 nitrogen and oxygen atoms in total. The molecule has 5 amide bonds. The van der Waals surface area contributed by atoms with E-state index < -0.39 is 65.8 Å². The first-order valence-corrected chi connectivity index (χ1v) is 14.4. The molecule has 228 valence electrons. The Morgan fingerprint density at radius 3 is 2.02 bits per heavy atom. The van der Waals surface area contributed by atoms with E-state index in [9.17, 15) is 28.8 Å². The maximum Gasteiger partial charge on any atom is 0.328 e. The Morgan fingerprint density at radius 2 is 1.43 bits per heavy atom. The fourth-order valence-corrected chi connectivity index (χ4v) is 4.23. The summed E-state index contributed by atoms with van der Waals surface area (Å²) in [6, 6.07) is -3.95. The lowest BCUT2D eigenvalue weighted by atomic mass is 9.99. The molecular formula is C28H49N5O7. The van der Waals surface area contributed by atoms with E-state index in [0.717, 1.165) is 25.7 Å². The highest BCUT2D eigenvalue weighted by atomic mass is 16.5. The molecule has 5 N–H and O–H groups in total. The number of rotatable bonds is 8. The maximum absolute atomic E-state index is 13.1. The van der Waals surface area contributed by atoms with Crippen LogP contribution in [-0.2, 0) is 33.5 Å². The highest BCUT2D eigenvalue weighted by molar-refractivity contribution is 5.95. The van der Waals surface area contributed by atoms with E-state index in [2.05, 4.69) is 33.5 Å². The summed E-state index contributed by atoms with van der Waals surface area (Å²) in [4.78, 5) is 77.0. The highest BCUT2D eigenvalue weighted by Crippen LogP contribution is 2.13. The van der Waals surface area contributed by atoms with Gasteiger partial charge in [0.15, 0.2) is 0 Å². The maximum atomic E-state index is 13.1. The van der Waals surface area contributed by atoms with Crippen LogP contribution < -0.4 is 26.6 Å². The number of hydrogen-bond acceptors (Lipinski definition) is 7. The van der Waals surface area contributed by atoms with Gasteiger partial charge >= 0.3 is 5.97 Å². The van der Waals surface area contributed by atoms with Crippen LogP contribution in [0.1, 0.15) is 93.4 Å². The number of nitrogens with one attached hydrogen (secondary N) is 5. The third-order valence-corrected chi connectivity index (χ3v) is 6.59. The molecule has 1 saturated heterocycles. The zero-order valence-corrected chi connectivity index (χ0v) is 25.1. The van der Waals surface area contributed by atoms with Crippen LogP contribution >= 0.6 is 0 Å². The van der Waals surface area contributed by atoms with Crippen LogP contribution in [0.5, 0.6) is 0 Å². The van der Waals surface area contributed by atoms with Gasteiger partial charge in [-0.25, -0.2) is 4.79 Å². The summed E-state index contributed by atoms with van der Waals surface area (Å²) < 4.78 is 5.58. The van der Waals surface area contributed by atoms with Crippen molar-refractivity contribution in [3.05, 3.63) is 0 Å². The van der Waals surface area contributed by atoms with E-state index in [1.807, 2.05) is 13.8 Å². The van der Waals surface area contributed by atoms with Crippen LogP contribution in [0, 0.1) is 11.8 Å². The average molecular weight is 568 g/mol. The summed E-state index contributed by atoms with van der Waals surface area (Å²) in [5.41, 5.74) is 0. The normalized spacial score (nSPS) is 26.5. The van der Waals surface area contributed by atoms with E-state index in [1.165, 1.54) is 13.8 Å². The summed E-state index contributed by atoms with van der Waals surface area (Å²) in [6.45, 7) is 11.9. The minimum atomic E-state index is -1.03. The summed E-state index contributed by atoms with van der Waals surface area (Å²) in [6.07, 6.45) is 3.53. The Bertz CT molecular complexity index is 892. The zero-order valence-electron chi connectivity index (χ0n) is 25.1. The molecule has 40 heavy (non-hydrogen) atoms. The second-order valence-corrected chi connectivity index (χ2v) is 11.3. The largest absolute Gasteiger partial charge is 0.460 e. The lowest BCUT2D eigenvalue weighted by molar-refractivity contribution is -0.154. The lowest BCUT2D eigenvalue weighted by Gasteiger charge is -2.27. The number of carbonyl (C=O) groups excluding carboxylic acids is 6.